The minimum absolute atomic E-state index is 0.336. The lowest BCUT2D eigenvalue weighted by molar-refractivity contribution is 0.00437. The van der Waals surface area contributed by atoms with Gasteiger partial charge in [0.2, 0.25) is 0 Å². The highest BCUT2D eigenvalue weighted by Crippen LogP contribution is 2.22. The van der Waals surface area contributed by atoms with Crippen LogP contribution in [0.4, 0.5) is 0 Å². The second-order valence-corrected chi connectivity index (χ2v) is 3.95. The molecule has 1 aliphatic heterocycles. The Balaban J connectivity index is 2.49. The first-order valence-corrected chi connectivity index (χ1v) is 5.61. The van der Waals surface area contributed by atoms with Crippen LogP contribution in [0.2, 0.25) is 0 Å². The second-order valence-electron chi connectivity index (χ2n) is 3.95. The summed E-state index contributed by atoms with van der Waals surface area (Å²) in [7, 11) is 3.83. The molecule has 0 aromatic rings. The van der Waals surface area contributed by atoms with Gasteiger partial charge in [-0.2, -0.15) is 0 Å². The maximum absolute atomic E-state index is 5.50. The van der Waals surface area contributed by atoms with E-state index in [0.29, 0.717) is 18.1 Å². The first-order valence-electron chi connectivity index (χ1n) is 5.61. The van der Waals surface area contributed by atoms with Crippen LogP contribution in [-0.2, 0) is 9.47 Å². The Hall–Kier alpha value is -0.120. The van der Waals surface area contributed by atoms with Crippen LogP contribution in [0, 0.1) is 5.92 Å². The molecule has 84 valence electrons. The predicted molar refractivity (Wildman–Crippen MR) is 57.5 cm³/mol. The lowest BCUT2D eigenvalue weighted by Crippen LogP contribution is -2.46. The van der Waals surface area contributed by atoms with E-state index in [9.17, 15) is 0 Å². The van der Waals surface area contributed by atoms with Gasteiger partial charge in [-0.3, -0.25) is 0 Å². The van der Waals surface area contributed by atoms with E-state index in [1.54, 1.807) is 7.11 Å². The Morgan fingerprint density at radius 1 is 1.43 bits per heavy atom. The number of ether oxygens (including phenoxy) is 2. The highest BCUT2D eigenvalue weighted by molar-refractivity contribution is 4.83. The number of likely N-dealkylation sites (N-methyl/N-ethyl adjacent to an activating group) is 1. The zero-order valence-corrected chi connectivity index (χ0v) is 9.58. The highest BCUT2D eigenvalue weighted by atomic mass is 16.5. The molecule has 0 spiro atoms. The summed E-state index contributed by atoms with van der Waals surface area (Å²) >= 11 is 0. The van der Waals surface area contributed by atoms with E-state index in [1.165, 1.54) is 0 Å². The van der Waals surface area contributed by atoms with E-state index in [1.807, 2.05) is 7.05 Å². The third-order valence-corrected chi connectivity index (χ3v) is 3.21. The summed E-state index contributed by atoms with van der Waals surface area (Å²) in [6, 6.07) is 0.480. The first-order chi connectivity index (χ1) is 6.83. The molecule has 1 saturated heterocycles. The van der Waals surface area contributed by atoms with Gasteiger partial charge in [-0.25, -0.2) is 0 Å². The largest absolute Gasteiger partial charge is 0.381 e. The van der Waals surface area contributed by atoms with Crippen LogP contribution >= 0.6 is 0 Å². The molecule has 2 atom stereocenters. The second kappa shape index (κ2) is 6.38. The number of hydrogen-bond acceptors (Lipinski definition) is 3. The first kappa shape index (κ1) is 12.0. The Bertz CT molecular complexity index is 142. The van der Waals surface area contributed by atoms with Gasteiger partial charge in [-0.15, -0.1) is 0 Å². The van der Waals surface area contributed by atoms with Crippen molar-refractivity contribution in [2.75, 3.05) is 27.4 Å². The van der Waals surface area contributed by atoms with Crippen molar-refractivity contribution in [3.8, 4) is 0 Å². The maximum Gasteiger partial charge on any atom is 0.0724 e. The van der Waals surface area contributed by atoms with E-state index < -0.39 is 0 Å². The van der Waals surface area contributed by atoms with Gasteiger partial charge < -0.3 is 14.8 Å². The minimum atomic E-state index is 0.336. The van der Waals surface area contributed by atoms with E-state index in [-0.39, 0.29) is 0 Å². The van der Waals surface area contributed by atoms with Crippen LogP contribution in [-0.4, -0.2) is 39.5 Å². The van der Waals surface area contributed by atoms with Crippen molar-refractivity contribution in [1.82, 2.24) is 5.32 Å². The van der Waals surface area contributed by atoms with E-state index in [0.717, 1.165) is 32.5 Å². The normalized spacial score (nSPS) is 23.4. The molecule has 0 aromatic carbocycles. The van der Waals surface area contributed by atoms with Gasteiger partial charge >= 0.3 is 0 Å². The number of nitrogens with one attached hydrogen (secondary N) is 1. The lowest BCUT2D eigenvalue weighted by Gasteiger charge is -2.34. The average molecular weight is 201 g/mol. The molecule has 0 saturated carbocycles. The van der Waals surface area contributed by atoms with E-state index in [2.05, 4.69) is 12.2 Å². The van der Waals surface area contributed by atoms with Gasteiger partial charge in [-0.05, 0) is 32.2 Å². The van der Waals surface area contributed by atoms with Crippen molar-refractivity contribution in [1.29, 1.82) is 0 Å². The van der Waals surface area contributed by atoms with Gasteiger partial charge in [0, 0.05) is 26.4 Å². The van der Waals surface area contributed by atoms with Crippen molar-refractivity contribution < 1.29 is 9.47 Å². The van der Waals surface area contributed by atoms with Gasteiger partial charge in [0.15, 0.2) is 0 Å². The standard InChI is InChI=1S/C11H23NO2/c1-4-10(13-3)11(12-2)9-5-7-14-8-6-9/h9-12H,4-8H2,1-3H3. The Kier molecular flexibility index (Phi) is 5.45. The number of hydrogen-bond donors (Lipinski definition) is 1. The van der Waals surface area contributed by atoms with Gasteiger partial charge in [0.25, 0.3) is 0 Å². The van der Waals surface area contributed by atoms with Crippen LogP contribution in [0.15, 0.2) is 0 Å². The van der Waals surface area contributed by atoms with Crippen LogP contribution < -0.4 is 5.32 Å². The van der Waals surface area contributed by atoms with Crippen molar-refractivity contribution in [3.63, 3.8) is 0 Å². The summed E-state index contributed by atoms with van der Waals surface area (Å²) in [6.45, 7) is 3.99. The number of methoxy groups -OCH3 is 1. The summed E-state index contributed by atoms with van der Waals surface area (Å²) in [6.07, 6.45) is 3.72. The topological polar surface area (TPSA) is 30.5 Å². The molecule has 0 bridgehead atoms. The van der Waals surface area contributed by atoms with Crippen molar-refractivity contribution in [2.24, 2.45) is 5.92 Å². The molecule has 0 amide bonds. The third-order valence-electron chi connectivity index (χ3n) is 3.21. The van der Waals surface area contributed by atoms with Crippen molar-refractivity contribution in [2.45, 2.75) is 38.3 Å². The minimum Gasteiger partial charge on any atom is -0.381 e. The third kappa shape index (κ3) is 2.94. The van der Waals surface area contributed by atoms with Gasteiger partial charge in [0.05, 0.1) is 6.10 Å². The highest BCUT2D eigenvalue weighted by Gasteiger charge is 2.28. The predicted octanol–water partition coefficient (Wildman–Crippen LogP) is 1.43. The van der Waals surface area contributed by atoms with E-state index >= 15 is 0 Å². The Labute approximate surface area is 87.2 Å². The Morgan fingerprint density at radius 3 is 2.50 bits per heavy atom. The molecule has 0 radical (unpaired) electrons. The lowest BCUT2D eigenvalue weighted by atomic mass is 9.87. The fourth-order valence-corrected chi connectivity index (χ4v) is 2.37. The zero-order valence-electron chi connectivity index (χ0n) is 9.58. The molecular formula is C11H23NO2. The van der Waals surface area contributed by atoms with Crippen molar-refractivity contribution >= 4 is 0 Å². The molecule has 1 heterocycles. The zero-order chi connectivity index (χ0) is 10.4. The SMILES string of the molecule is CCC(OC)C(NC)C1CCOCC1. The monoisotopic (exact) mass is 201 g/mol. The quantitative estimate of drug-likeness (QED) is 0.730. The smallest absolute Gasteiger partial charge is 0.0724 e. The molecule has 0 aliphatic carbocycles. The van der Waals surface area contributed by atoms with Gasteiger partial charge in [-0.1, -0.05) is 6.92 Å². The molecule has 1 aliphatic rings. The molecule has 14 heavy (non-hydrogen) atoms. The van der Waals surface area contributed by atoms with Crippen LogP contribution in [0.1, 0.15) is 26.2 Å². The molecule has 1 rings (SSSR count). The average Bonchev–Trinajstić information content (AvgIpc) is 2.27. The van der Waals surface area contributed by atoms with Crippen LogP contribution in [0.5, 0.6) is 0 Å². The summed E-state index contributed by atoms with van der Waals surface area (Å²) in [5.74, 6) is 0.707. The molecule has 1 fully saturated rings. The molecule has 2 unspecified atom stereocenters. The fraction of sp³-hybridized carbons (Fsp3) is 1.00. The van der Waals surface area contributed by atoms with Crippen LogP contribution in [0.25, 0.3) is 0 Å². The van der Waals surface area contributed by atoms with Gasteiger partial charge in [0.1, 0.15) is 0 Å². The summed E-state index contributed by atoms with van der Waals surface area (Å²) in [5, 5.41) is 3.39. The Morgan fingerprint density at radius 2 is 2.07 bits per heavy atom. The number of rotatable bonds is 5. The molecule has 1 N–H and O–H groups in total. The molecule has 3 heteroatoms. The summed E-state index contributed by atoms with van der Waals surface area (Å²) in [4.78, 5) is 0. The van der Waals surface area contributed by atoms with Crippen LogP contribution in [0.3, 0.4) is 0 Å². The van der Waals surface area contributed by atoms with E-state index in [4.69, 9.17) is 9.47 Å². The summed E-state index contributed by atoms with van der Waals surface area (Å²) < 4.78 is 10.9. The maximum atomic E-state index is 5.50. The fourth-order valence-electron chi connectivity index (χ4n) is 2.37. The summed E-state index contributed by atoms with van der Waals surface area (Å²) in [5.41, 5.74) is 0. The molecule has 3 nitrogen and oxygen atoms in total. The molecular weight excluding hydrogens is 178 g/mol. The molecule has 0 aromatic heterocycles. The van der Waals surface area contributed by atoms with Crippen molar-refractivity contribution in [3.05, 3.63) is 0 Å².